The van der Waals surface area contributed by atoms with Crippen LogP contribution in [0.2, 0.25) is 0 Å². The molecule has 3 aliphatic carbocycles. The molecular weight excluding hydrogens is 242 g/mol. The highest BCUT2D eigenvalue weighted by atomic mass is 14.9. The van der Waals surface area contributed by atoms with E-state index in [0.29, 0.717) is 0 Å². The molecule has 1 nitrogen and oxygen atoms in total. The largest absolute Gasteiger partial charge is 0.313 e. The minimum Gasteiger partial charge on any atom is -0.313 e. The monoisotopic (exact) mass is 275 g/mol. The van der Waals surface area contributed by atoms with E-state index >= 15 is 0 Å². The summed E-state index contributed by atoms with van der Waals surface area (Å²) in [6, 6.07) is 0.845. The summed E-state index contributed by atoms with van der Waals surface area (Å²) in [6.07, 6.45) is 22.2. The second-order valence-electron chi connectivity index (χ2n) is 7.51. The van der Waals surface area contributed by atoms with Gasteiger partial charge in [-0.25, -0.2) is 0 Å². The van der Waals surface area contributed by atoms with Gasteiger partial charge in [0, 0.05) is 6.04 Å². The zero-order chi connectivity index (χ0) is 13.6. The van der Waals surface area contributed by atoms with Gasteiger partial charge in [0.2, 0.25) is 0 Å². The summed E-state index contributed by atoms with van der Waals surface area (Å²) in [5.74, 6) is 2.96. The molecule has 3 atom stereocenters. The molecule has 1 N–H and O–H groups in total. The average molecular weight is 275 g/mol. The van der Waals surface area contributed by atoms with Crippen LogP contribution in [0.15, 0.2) is 12.2 Å². The molecule has 114 valence electrons. The molecule has 0 spiro atoms. The van der Waals surface area contributed by atoms with E-state index in [2.05, 4.69) is 17.5 Å². The summed E-state index contributed by atoms with van der Waals surface area (Å²) < 4.78 is 0. The number of allylic oxidation sites excluding steroid dienone is 2. The van der Waals surface area contributed by atoms with Gasteiger partial charge in [-0.2, -0.15) is 0 Å². The summed E-state index contributed by atoms with van der Waals surface area (Å²) in [7, 11) is 0. The van der Waals surface area contributed by atoms with E-state index in [9.17, 15) is 0 Å². The molecule has 2 fully saturated rings. The Morgan fingerprint density at radius 1 is 0.800 bits per heavy atom. The molecule has 0 bridgehead atoms. The van der Waals surface area contributed by atoms with Crippen molar-refractivity contribution in [3.8, 4) is 0 Å². The van der Waals surface area contributed by atoms with Gasteiger partial charge < -0.3 is 5.32 Å². The first-order valence-corrected chi connectivity index (χ1v) is 9.32. The van der Waals surface area contributed by atoms with Crippen molar-refractivity contribution in [2.75, 3.05) is 6.54 Å². The van der Waals surface area contributed by atoms with E-state index in [1.807, 2.05) is 0 Å². The van der Waals surface area contributed by atoms with E-state index in [1.54, 1.807) is 0 Å². The molecule has 0 aromatic heterocycles. The third kappa shape index (κ3) is 3.87. The van der Waals surface area contributed by atoms with Gasteiger partial charge in [-0.1, -0.05) is 57.1 Å². The molecule has 0 saturated heterocycles. The van der Waals surface area contributed by atoms with Crippen molar-refractivity contribution in [2.24, 2.45) is 17.8 Å². The fourth-order valence-electron chi connectivity index (χ4n) is 4.90. The Morgan fingerprint density at radius 3 is 2.40 bits per heavy atom. The lowest BCUT2D eigenvalue weighted by molar-refractivity contribution is 0.146. The summed E-state index contributed by atoms with van der Waals surface area (Å²) in [4.78, 5) is 0. The lowest BCUT2D eigenvalue weighted by Crippen LogP contribution is -2.44. The average Bonchev–Trinajstić information content (AvgIpc) is 2.55. The SMILES string of the molecule is C1=CCC(CNC2CCCCC2C2CCCCC2)CC1. The zero-order valence-electron chi connectivity index (χ0n) is 13.2. The third-order valence-corrected chi connectivity index (χ3v) is 6.12. The van der Waals surface area contributed by atoms with Crippen molar-refractivity contribution in [3.05, 3.63) is 12.2 Å². The fourth-order valence-corrected chi connectivity index (χ4v) is 4.90. The topological polar surface area (TPSA) is 12.0 Å². The van der Waals surface area contributed by atoms with Crippen LogP contribution in [0.25, 0.3) is 0 Å². The van der Waals surface area contributed by atoms with Crippen molar-refractivity contribution in [1.82, 2.24) is 5.32 Å². The molecular formula is C19H33N. The predicted molar refractivity (Wildman–Crippen MR) is 86.8 cm³/mol. The van der Waals surface area contributed by atoms with Crippen LogP contribution in [-0.2, 0) is 0 Å². The van der Waals surface area contributed by atoms with Crippen LogP contribution >= 0.6 is 0 Å². The number of hydrogen-bond acceptors (Lipinski definition) is 1. The van der Waals surface area contributed by atoms with Gasteiger partial charge in [0.15, 0.2) is 0 Å². The van der Waals surface area contributed by atoms with Gasteiger partial charge in [-0.15, -0.1) is 0 Å². The molecule has 2 saturated carbocycles. The van der Waals surface area contributed by atoms with Crippen molar-refractivity contribution >= 4 is 0 Å². The van der Waals surface area contributed by atoms with E-state index in [0.717, 1.165) is 23.8 Å². The van der Waals surface area contributed by atoms with Crippen LogP contribution in [0, 0.1) is 17.8 Å². The Kier molecular flexibility index (Phi) is 5.59. The molecule has 3 unspecified atom stereocenters. The summed E-state index contributed by atoms with van der Waals surface area (Å²) >= 11 is 0. The van der Waals surface area contributed by atoms with Crippen molar-refractivity contribution in [2.45, 2.75) is 83.1 Å². The molecule has 0 radical (unpaired) electrons. The zero-order valence-corrected chi connectivity index (χ0v) is 13.2. The molecule has 0 aromatic carbocycles. The van der Waals surface area contributed by atoms with Crippen LogP contribution in [0.5, 0.6) is 0 Å². The minimum atomic E-state index is 0.845. The van der Waals surface area contributed by atoms with Gasteiger partial charge in [0.1, 0.15) is 0 Å². The van der Waals surface area contributed by atoms with Gasteiger partial charge in [0.05, 0.1) is 0 Å². The molecule has 0 heterocycles. The summed E-state index contributed by atoms with van der Waals surface area (Å²) in [5.41, 5.74) is 0. The van der Waals surface area contributed by atoms with Gasteiger partial charge in [0.25, 0.3) is 0 Å². The summed E-state index contributed by atoms with van der Waals surface area (Å²) in [5, 5.41) is 4.00. The number of nitrogens with one attached hydrogen (secondary N) is 1. The Morgan fingerprint density at radius 2 is 1.60 bits per heavy atom. The van der Waals surface area contributed by atoms with Crippen LogP contribution in [0.4, 0.5) is 0 Å². The van der Waals surface area contributed by atoms with Crippen molar-refractivity contribution < 1.29 is 0 Å². The smallest absolute Gasteiger partial charge is 0.00980 e. The van der Waals surface area contributed by atoms with Crippen LogP contribution in [0.3, 0.4) is 0 Å². The summed E-state index contributed by atoms with van der Waals surface area (Å²) in [6.45, 7) is 1.28. The van der Waals surface area contributed by atoms with E-state index in [1.165, 1.54) is 83.6 Å². The Balaban J connectivity index is 1.50. The highest BCUT2D eigenvalue weighted by Crippen LogP contribution is 2.38. The maximum Gasteiger partial charge on any atom is 0.00980 e. The van der Waals surface area contributed by atoms with E-state index < -0.39 is 0 Å². The molecule has 3 aliphatic rings. The predicted octanol–water partition coefficient (Wildman–Crippen LogP) is 5.07. The molecule has 3 rings (SSSR count). The Bertz CT molecular complexity index is 303. The van der Waals surface area contributed by atoms with Gasteiger partial charge in [-0.05, 0) is 56.4 Å². The number of hydrogen-bond donors (Lipinski definition) is 1. The van der Waals surface area contributed by atoms with Gasteiger partial charge >= 0.3 is 0 Å². The second-order valence-corrected chi connectivity index (χ2v) is 7.51. The molecule has 0 amide bonds. The van der Waals surface area contributed by atoms with Crippen molar-refractivity contribution in [3.63, 3.8) is 0 Å². The lowest BCUT2D eigenvalue weighted by atomic mass is 9.71. The Labute approximate surface area is 125 Å². The van der Waals surface area contributed by atoms with E-state index in [-0.39, 0.29) is 0 Å². The third-order valence-electron chi connectivity index (χ3n) is 6.12. The highest BCUT2D eigenvalue weighted by Gasteiger charge is 2.32. The Hall–Kier alpha value is -0.300. The minimum absolute atomic E-state index is 0.845. The first-order valence-electron chi connectivity index (χ1n) is 9.32. The first kappa shape index (κ1) is 14.6. The quantitative estimate of drug-likeness (QED) is 0.706. The molecule has 0 aromatic rings. The van der Waals surface area contributed by atoms with E-state index in [4.69, 9.17) is 0 Å². The van der Waals surface area contributed by atoms with Crippen molar-refractivity contribution in [1.29, 1.82) is 0 Å². The standard InChI is InChI=1S/C19H33N/c1-3-9-16(10-4-1)15-20-19-14-8-7-13-18(19)17-11-5-2-6-12-17/h1,3,16-20H,2,4-15H2. The maximum absolute atomic E-state index is 4.00. The van der Waals surface area contributed by atoms with Crippen LogP contribution in [0.1, 0.15) is 77.0 Å². The fraction of sp³-hybridized carbons (Fsp3) is 0.895. The van der Waals surface area contributed by atoms with Crippen LogP contribution in [-0.4, -0.2) is 12.6 Å². The molecule has 1 heteroatoms. The normalized spacial score (nSPS) is 36.1. The first-order chi connectivity index (χ1) is 9.93. The molecule has 0 aliphatic heterocycles. The van der Waals surface area contributed by atoms with Crippen LogP contribution < -0.4 is 5.32 Å². The second kappa shape index (κ2) is 7.64. The molecule has 20 heavy (non-hydrogen) atoms. The van der Waals surface area contributed by atoms with Gasteiger partial charge in [-0.3, -0.25) is 0 Å². The highest BCUT2D eigenvalue weighted by molar-refractivity contribution is 4.92. The maximum atomic E-state index is 4.00. The number of rotatable bonds is 4. The lowest BCUT2D eigenvalue weighted by Gasteiger charge is -2.40.